The molecule has 0 spiro atoms. The molecule has 0 atom stereocenters. The molecule has 140 valence electrons. The molecule has 0 radical (unpaired) electrons. The van der Waals surface area contributed by atoms with E-state index in [2.05, 4.69) is 6.07 Å². The maximum Gasteiger partial charge on any atom is 0.278 e. The molecule has 26 heavy (non-hydrogen) atoms. The van der Waals surface area contributed by atoms with Crippen LogP contribution in [0, 0.1) is 0 Å². The van der Waals surface area contributed by atoms with E-state index in [1.54, 1.807) is 18.4 Å². The molecule has 1 amide bonds. The average molecular weight is 377 g/mol. The summed E-state index contributed by atoms with van der Waals surface area (Å²) in [4.78, 5) is 15.8. The minimum Gasteiger partial charge on any atom is -0.454 e. The molecule has 1 aliphatic rings. The van der Waals surface area contributed by atoms with Crippen LogP contribution in [-0.4, -0.2) is 44.4 Å². The van der Waals surface area contributed by atoms with Gasteiger partial charge < -0.3 is 24.4 Å². The molecule has 1 aromatic heterocycles. The molecule has 0 saturated carbocycles. The number of thiophene rings is 1. The Morgan fingerprint density at radius 3 is 2.96 bits per heavy atom. The quantitative estimate of drug-likeness (QED) is 0.639. The number of fused-ring (bicyclic) bond motifs is 1. The topological polar surface area (TPSA) is 64.6 Å². The van der Waals surface area contributed by atoms with Crippen LogP contribution in [0.5, 0.6) is 11.5 Å². The van der Waals surface area contributed by atoms with Crippen molar-refractivity contribution in [3.63, 3.8) is 0 Å². The molecule has 2 heterocycles. The van der Waals surface area contributed by atoms with Crippen molar-refractivity contribution in [2.45, 2.75) is 19.5 Å². The van der Waals surface area contributed by atoms with Crippen molar-refractivity contribution in [3.05, 3.63) is 46.2 Å². The minimum atomic E-state index is 0.133. The molecule has 2 aromatic rings. The van der Waals surface area contributed by atoms with Crippen LogP contribution in [0.4, 0.5) is 0 Å². The third kappa shape index (κ3) is 5.20. The lowest BCUT2D eigenvalue weighted by Crippen LogP contribution is -2.86. The predicted octanol–water partition coefficient (Wildman–Crippen LogP) is 1.61. The maximum absolute atomic E-state index is 12.8. The number of carbonyl (C=O) groups excluding carboxylic acids is 1. The predicted molar refractivity (Wildman–Crippen MR) is 99.3 cm³/mol. The molecule has 0 bridgehead atoms. The van der Waals surface area contributed by atoms with Gasteiger partial charge in [-0.25, -0.2) is 0 Å². The van der Waals surface area contributed by atoms with Gasteiger partial charge in [-0.15, -0.1) is 11.3 Å². The first-order chi connectivity index (χ1) is 12.8. The highest BCUT2D eigenvalue weighted by molar-refractivity contribution is 7.09. The fourth-order valence-electron chi connectivity index (χ4n) is 2.81. The van der Waals surface area contributed by atoms with Crippen molar-refractivity contribution in [1.82, 2.24) is 4.90 Å². The van der Waals surface area contributed by atoms with Gasteiger partial charge in [0.05, 0.1) is 19.7 Å². The van der Waals surface area contributed by atoms with Gasteiger partial charge in [0.15, 0.2) is 18.0 Å². The van der Waals surface area contributed by atoms with Gasteiger partial charge in [-0.2, -0.15) is 0 Å². The smallest absolute Gasteiger partial charge is 0.278 e. The standard InChI is InChI=1S/C19H24N2O4S/c1-23-8-3-7-20-11-19(22)21(13-16-4-2-9-26-16)12-15-5-6-17-18(10-15)25-14-24-17/h2,4-6,9-10,20H,3,7-8,11-14H2,1H3/p+1. The fraction of sp³-hybridized carbons (Fsp3) is 0.421. The summed E-state index contributed by atoms with van der Waals surface area (Å²) in [6.07, 6.45) is 0.941. The lowest BCUT2D eigenvalue weighted by Gasteiger charge is -2.22. The first kappa shape index (κ1) is 18.7. The summed E-state index contributed by atoms with van der Waals surface area (Å²) in [5, 5.41) is 4.08. The Morgan fingerprint density at radius 1 is 1.27 bits per heavy atom. The number of carbonyl (C=O) groups is 1. The van der Waals surface area contributed by atoms with Gasteiger partial charge in [-0.05, 0) is 29.1 Å². The monoisotopic (exact) mass is 377 g/mol. The number of rotatable bonds is 10. The Hall–Kier alpha value is -2.09. The molecule has 6 nitrogen and oxygen atoms in total. The maximum atomic E-state index is 12.8. The second-order valence-corrected chi connectivity index (χ2v) is 7.18. The highest BCUT2D eigenvalue weighted by atomic mass is 32.1. The molecule has 0 fully saturated rings. The summed E-state index contributed by atoms with van der Waals surface area (Å²) in [5.41, 5.74) is 1.04. The molecular formula is C19H25N2O4S+. The zero-order valence-corrected chi connectivity index (χ0v) is 15.8. The van der Waals surface area contributed by atoms with Gasteiger partial charge in [0.25, 0.3) is 5.91 Å². The van der Waals surface area contributed by atoms with E-state index in [4.69, 9.17) is 14.2 Å². The van der Waals surface area contributed by atoms with Crippen LogP contribution in [0.25, 0.3) is 0 Å². The number of methoxy groups -OCH3 is 1. The second-order valence-electron chi connectivity index (χ2n) is 6.14. The number of hydrogen-bond donors (Lipinski definition) is 1. The Labute approximate surface area is 157 Å². The largest absolute Gasteiger partial charge is 0.454 e. The van der Waals surface area contributed by atoms with Crippen LogP contribution in [0.15, 0.2) is 35.7 Å². The van der Waals surface area contributed by atoms with Crippen LogP contribution in [-0.2, 0) is 22.6 Å². The summed E-state index contributed by atoms with van der Waals surface area (Å²) >= 11 is 1.67. The van der Waals surface area contributed by atoms with Crippen LogP contribution in [0.2, 0.25) is 0 Å². The van der Waals surface area contributed by atoms with Crippen LogP contribution < -0.4 is 14.8 Å². The number of quaternary nitrogens is 1. The normalized spacial score (nSPS) is 12.3. The van der Waals surface area contributed by atoms with Crippen molar-refractivity contribution in [2.24, 2.45) is 0 Å². The third-order valence-corrected chi connectivity index (χ3v) is 5.03. The molecule has 7 heteroatoms. The molecule has 3 rings (SSSR count). The van der Waals surface area contributed by atoms with Crippen LogP contribution in [0.1, 0.15) is 16.9 Å². The van der Waals surface area contributed by atoms with E-state index < -0.39 is 0 Å². The van der Waals surface area contributed by atoms with Gasteiger partial charge in [0.2, 0.25) is 6.79 Å². The highest BCUT2D eigenvalue weighted by Gasteiger charge is 2.19. The van der Waals surface area contributed by atoms with E-state index in [0.717, 1.165) is 36.6 Å². The lowest BCUT2D eigenvalue weighted by atomic mass is 10.2. The van der Waals surface area contributed by atoms with E-state index in [1.165, 1.54) is 4.88 Å². The van der Waals surface area contributed by atoms with Gasteiger partial charge in [-0.3, -0.25) is 4.79 Å². The third-order valence-electron chi connectivity index (χ3n) is 4.17. The number of nitrogens with zero attached hydrogens (tertiary/aromatic N) is 1. The van der Waals surface area contributed by atoms with Gasteiger partial charge in [0, 0.05) is 25.0 Å². The molecular weight excluding hydrogens is 352 g/mol. The molecule has 1 aliphatic heterocycles. The first-order valence-corrected chi connectivity index (χ1v) is 9.63. The minimum absolute atomic E-state index is 0.133. The number of ether oxygens (including phenoxy) is 3. The average Bonchev–Trinajstić information content (AvgIpc) is 3.32. The zero-order chi connectivity index (χ0) is 18.2. The molecule has 0 aliphatic carbocycles. The van der Waals surface area contributed by atoms with Crippen molar-refractivity contribution in [1.29, 1.82) is 0 Å². The number of nitrogens with two attached hydrogens (primary N) is 1. The van der Waals surface area contributed by atoms with Crippen molar-refractivity contribution in [2.75, 3.05) is 33.6 Å². The number of amides is 1. The van der Waals surface area contributed by atoms with E-state index in [9.17, 15) is 4.79 Å². The Morgan fingerprint density at radius 2 is 2.15 bits per heavy atom. The van der Waals surface area contributed by atoms with E-state index >= 15 is 0 Å². The Balaban J connectivity index is 1.62. The summed E-state index contributed by atoms with van der Waals surface area (Å²) in [6, 6.07) is 9.93. The van der Waals surface area contributed by atoms with Gasteiger partial charge in [-0.1, -0.05) is 12.1 Å². The van der Waals surface area contributed by atoms with Gasteiger partial charge in [0.1, 0.15) is 0 Å². The first-order valence-electron chi connectivity index (χ1n) is 8.75. The summed E-state index contributed by atoms with van der Waals surface area (Å²) in [7, 11) is 1.69. The van der Waals surface area contributed by atoms with Crippen LogP contribution in [0.3, 0.4) is 0 Å². The van der Waals surface area contributed by atoms with Gasteiger partial charge >= 0.3 is 0 Å². The molecule has 0 saturated heterocycles. The molecule has 0 unspecified atom stereocenters. The summed E-state index contributed by atoms with van der Waals surface area (Å²) < 4.78 is 15.9. The summed E-state index contributed by atoms with van der Waals surface area (Å²) in [5.74, 6) is 1.64. The Bertz CT molecular complexity index is 706. The highest BCUT2D eigenvalue weighted by Crippen LogP contribution is 2.33. The fourth-order valence-corrected chi connectivity index (χ4v) is 3.53. The van der Waals surface area contributed by atoms with Crippen molar-refractivity contribution < 1.29 is 24.3 Å². The van der Waals surface area contributed by atoms with Crippen molar-refractivity contribution >= 4 is 17.2 Å². The van der Waals surface area contributed by atoms with E-state index in [0.29, 0.717) is 19.6 Å². The number of hydrogen-bond acceptors (Lipinski definition) is 5. The lowest BCUT2D eigenvalue weighted by molar-refractivity contribution is -0.645. The SMILES string of the molecule is COCCC[NH2+]CC(=O)N(Cc1ccc2c(c1)OCO2)Cc1cccs1. The molecule has 2 N–H and O–H groups in total. The molecule has 1 aromatic carbocycles. The number of benzene rings is 1. The van der Waals surface area contributed by atoms with E-state index in [-0.39, 0.29) is 12.7 Å². The summed E-state index contributed by atoms with van der Waals surface area (Å²) in [6.45, 7) is 3.49. The van der Waals surface area contributed by atoms with E-state index in [1.807, 2.05) is 39.9 Å². The Kier molecular flexibility index (Phi) is 6.88. The van der Waals surface area contributed by atoms with Crippen LogP contribution >= 0.6 is 11.3 Å². The zero-order valence-electron chi connectivity index (χ0n) is 15.0. The van der Waals surface area contributed by atoms with Crippen molar-refractivity contribution in [3.8, 4) is 11.5 Å². The second kappa shape index (κ2) is 9.56.